The number of para-hydroxylation sites is 1. The smallest absolute Gasteiger partial charge is 0.255 e. The number of likely N-dealkylation sites (N-methyl/N-ethyl adjacent to an activating group) is 1. The Bertz CT molecular complexity index is 690. The highest BCUT2D eigenvalue weighted by molar-refractivity contribution is 5.99. The highest BCUT2D eigenvalue weighted by Gasteiger charge is 2.13. The summed E-state index contributed by atoms with van der Waals surface area (Å²) >= 11 is 0. The van der Waals surface area contributed by atoms with Crippen molar-refractivity contribution in [2.24, 2.45) is 0 Å². The molecular formula is C18H23FN4O. The summed E-state index contributed by atoms with van der Waals surface area (Å²) in [6.07, 6.45) is 1.56. The highest BCUT2D eigenvalue weighted by Crippen LogP contribution is 2.20. The number of anilines is 2. The number of carbonyl (C=O) groups excluding carboxylic acids is 1. The molecule has 2 N–H and O–H groups in total. The molecule has 1 aromatic heterocycles. The van der Waals surface area contributed by atoms with Gasteiger partial charge in [-0.1, -0.05) is 12.1 Å². The van der Waals surface area contributed by atoms with Crippen molar-refractivity contribution >= 4 is 17.4 Å². The minimum absolute atomic E-state index is 0.237. The quantitative estimate of drug-likeness (QED) is 0.819. The fraction of sp³-hybridized carbons (Fsp3) is 0.333. The van der Waals surface area contributed by atoms with Crippen LogP contribution in [0.5, 0.6) is 0 Å². The third-order valence-corrected chi connectivity index (χ3v) is 3.81. The molecule has 0 bridgehead atoms. The predicted molar refractivity (Wildman–Crippen MR) is 94.0 cm³/mol. The molecule has 5 nitrogen and oxygen atoms in total. The average Bonchev–Trinajstić information content (AvgIpc) is 2.57. The van der Waals surface area contributed by atoms with Crippen molar-refractivity contribution in [3.63, 3.8) is 0 Å². The summed E-state index contributed by atoms with van der Waals surface area (Å²) in [6, 6.07) is 10.0. The maximum Gasteiger partial charge on any atom is 0.255 e. The lowest BCUT2D eigenvalue weighted by Gasteiger charge is -2.21. The van der Waals surface area contributed by atoms with Gasteiger partial charge in [-0.25, -0.2) is 9.37 Å². The van der Waals surface area contributed by atoms with Crippen molar-refractivity contribution in [1.29, 1.82) is 0 Å². The van der Waals surface area contributed by atoms with Crippen LogP contribution < -0.4 is 10.6 Å². The van der Waals surface area contributed by atoms with E-state index in [4.69, 9.17) is 0 Å². The summed E-state index contributed by atoms with van der Waals surface area (Å²) in [5.74, 6) is -0.301. The number of benzene rings is 1. The molecule has 0 saturated heterocycles. The Morgan fingerprint density at radius 2 is 2.00 bits per heavy atom. The minimum atomic E-state index is -0.395. The van der Waals surface area contributed by atoms with E-state index in [1.54, 1.807) is 36.5 Å². The average molecular weight is 330 g/mol. The van der Waals surface area contributed by atoms with Crippen LogP contribution in [-0.2, 0) is 0 Å². The van der Waals surface area contributed by atoms with Crippen LogP contribution in [0.25, 0.3) is 0 Å². The zero-order valence-electron chi connectivity index (χ0n) is 14.2. The number of nitrogens with one attached hydrogen (secondary N) is 2. The third kappa shape index (κ3) is 4.76. The number of hydrogen-bond donors (Lipinski definition) is 2. The van der Waals surface area contributed by atoms with Crippen LogP contribution in [0.15, 0.2) is 42.6 Å². The fourth-order valence-corrected chi connectivity index (χ4v) is 2.08. The van der Waals surface area contributed by atoms with Crippen molar-refractivity contribution in [2.45, 2.75) is 19.9 Å². The van der Waals surface area contributed by atoms with Gasteiger partial charge in [0, 0.05) is 25.3 Å². The number of rotatable bonds is 7. The lowest BCUT2D eigenvalue weighted by molar-refractivity contribution is 0.0948. The number of pyridine rings is 1. The Kier molecular flexibility index (Phi) is 6.26. The molecule has 0 spiro atoms. The maximum atomic E-state index is 13.8. The Hall–Kier alpha value is -2.47. The van der Waals surface area contributed by atoms with Gasteiger partial charge < -0.3 is 15.5 Å². The predicted octanol–water partition coefficient (Wildman–Crippen LogP) is 3.03. The van der Waals surface area contributed by atoms with E-state index in [2.05, 4.69) is 34.4 Å². The third-order valence-electron chi connectivity index (χ3n) is 3.81. The van der Waals surface area contributed by atoms with Gasteiger partial charge in [0.1, 0.15) is 11.6 Å². The molecule has 0 unspecified atom stereocenters. The molecule has 0 radical (unpaired) electrons. The normalized spacial score (nSPS) is 10.9. The van der Waals surface area contributed by atoms with Gasteiger partial charge >= 0.3 is 0 Å². The van der Waals surface area contributed by atoms with Gasteiger partial charge in [-0.05, 0) is 45.2 Å². The molecule has 0 aliphatic carbocycles. The Morgan fingerprint density at radius 3 is 2.71 bits per heavy atom. The summed E-state index contributed by atoms with van der Waals surface area (Å²) in [7, 11) is 2.01. The van der Waals surface area contributed by atoms with Crippen LogP contribution in [-0.4, -0.2) is 42.0 Å². The molecule has 0 aliphatic heterocycles. The summed E-state index contributed by atoms with van der Waals surface area (Å²) < 4.78 is 13.8. The summed E-state index contributed by atoms with van der Waals surface area (Å²) in [6.45, 7) is 5.47. The first kappa shape index (κ1) is 17.9. The lowest BCUT2D eigenvalue weighted by atomic mass is 10.2. The van der Waals surface area contributed by atoms with E-state index < -0.39 is 5.82 Å². The molecule has 128 valence electrons. The van der Waals surface area contributed by atoms with Gasteiger partial charge in [-0.15, -0.1) is 0 Å². The topological polar surface area (TPSA) is 57.3 Å². The lowest BCUT2D eigenvalue weighted by Crippen LogP contribution is -2.36. The number of carbonyl (C=O) groups is 1. The van der Waals surface area contributed by atoms with Crippen LogP contribution in [0, 0.1) is 5.82 Å². The van der Waals surface area contributed by atoms with Crippen molar-refractivity contribution in [3.8, 4) is 0 Å². The SMILES string of the molecule is CC(C)N(C)CCNC(=O)c1cccnc1Nc1ccccc1F. The van der Waals surface area contributed by atoms with Gasteiger partial charge in [0.25, 0.3) is 5.91 Å². The molecule has 1 heterocycles. The minimum Gasteiger partial charge on any atom is -0.351 e. The molecule has 24 heavy (non-hydrogen) atoms. The molecule has 0 fully saturated rings. The second kappa shape index (κ2) is 8.40. The number of halogens is 1. The first-order chi connectivity index (χ1) is 11.5. The first-order valence-corrected chi connectivity index (χ1v) is 7.94. The van der Waals surface area contributed by atoms with Gasteiger partial charge in [0.05, 0.1) is 11.3 Å². The van der Waals surface area contributed by atoms with Crippen LogP contribution in [0.4, 0.5) is 15.9 Å². The molecule has 2 aromatic rings. The highest BCUT2D eigenvalue weighted by atomic mass is 19.1. The van der Waals surface area contributed by atoms with Crippen LogP contribution >= 0.6 is 0 Å². The maximum absolute atomic E-state index is 13.8. The van der Waals surface area contributed by atoms with Crippen LogP contribution in [0.3, 0.4) is 0 Å². The molecule has 1 aromatic carbocycles. The number of hydrogen-bond acceptors (Lipinski definition) is 4. The Labute approximate surface area is 141 Å². The molecule has 2 rings (SSSR count). The number of amides is 1. The number of nitrogens with zero attached hydrogens (tertiary/aromatic N) is 2. The zero-order valence-corrected chi connectivity index (χ0v) is 14.2. The fourth-order valence-electron chi connectivity index (χ4n) is 2.08. The van der Waals surface area contributed by atoms with Crippen LogP contribution in [0.2, 0.25) is 0 Å². The van der Waals surface area contributed by atoms with E-state index >= 15 is 0 Å². The zero-order chi connectivity index (χ0) is 17.5. The summed E-state index contributed by atoms with van der Waals surface area (Å²) in [4.78, 5) is 18.7. The van der Waals surface area contributed by atoms with Gasteiger partial charge in [-0.3, -0.25) is 4.79 Å². The Morgan fingerprint density at radius 1 is 1.25 bits per heavy atom. The monoisotopic (exact) mass is 330 g/mol. The van der Waals surface area contributed by atoms with E-state index in [0.717, 1.165) is 6.54 Å². The van der Waals surface area contributed by atoms with Crippen molar-refractivity contribution in [2.75, 3.05) is 25.5 Å². The second-order valence-electron chi connectivity index (χ2n) is 5.83. The summed E-state index contributed by atoms with van der Waals surface area (Å²) in [5, 5.41) is 5.75. The second-order valence-corrected chi connectivity index (χ2v) is 5.83. The van der Waals surface area contributed by atoms with E-state index in [-0.39, 0.29) is 11.6 Å². The molecule has 1 amide bonds. The standard InChI is InChI=1S/C18H23FN4O/c1-13(2)23(3)12-11-21-18(24)14-7-6-10-20-17(14)22-16-9-5-4-8-15(16)19/h4-10,13H,11-12H2,1-3H3,(H,20,22)(H,21,24). The molecule has 0 saturated carbocycles. The molecule has 0 atom stereocenters. The molecule has 0 aliphatic rings. The molecular weight excluding hydrogens is 307 g/mol. The van der Waals surface area contributed by atoms with Crippen molar-refractivity contribution in [1.82, 2.24) is 15.2 Å². The van der Waals surface area contributed by atoms with Gasteiger partial charge in [0.15, 0.2) is 0 Å². The Balaban J connectivity index is 2.05. The largest absolute Gasteiger partial charge is 0.351 e. The van der Waals surface area contributed by atoms with Crippen molar-refractivity contribution in [3.05, 3.63) is 54.0 Å². The number of aromatic nitrogens is 1. The van der Waals surface area contributed by atoms with Gasteiger partial charge in [0.2, 0.25) is 0 Å². The van der Waals surface area contributed by atoms with E-state index in [1.807, 2.05) is 7.05 Å². The van der Waals surface area contributed by atoms with Gasteiger partial charge in [-0.2, -0.15) is 0 Å². The van der Waals surface area contributed by atoms with E-state index in [9.17, 15) is 9.18 Å². The molecule has 6 heteroatoms. The van der Waals surface area contributed by atoms with E-state index in [0.29, 0.717) is 24.0 Å². The van der Waals surface area contributed by atoms with Crippen LogP contribution in [0.1, 0.15) is 24.2 Å². The first-order valence-electron chi connectivity index (χ1n) is 7.94. The van der Waals surface area contributed by atoms with Crippen molar-refractivity contribution < 1.29 is 9.18 Å². The summed E-state index contributed by atoms with van der Waals surface area (Å²) in [5.41, 5.74) is 0.665. The van der Waals surface area contributed by atoms with E-state index in [1.165, 1.54) is 6.07 Å².